The number of sulfonamides is 1. The SMILES string of the molecule is CCN(CC(C)(C)O)S(=O)(=O)CC(C)C. The minimum Gasteiger partial charge on any atom is -0.389 e. The normalized spacial score (nSPS) is 13.9. The Hall–Kier alpha value is -0.130. The zero-order valence-corrected chi connectivity index (χ0v) is 11.1. The van der Waals surface area contributed by atoms with Gasteiger partial charge in [0.15, 0.2) is 0 Å². The van der Waals surface area contributed by atoms with E-state index in [0.29, 0.717) is 6.54 Å². The molecule has 0 aromatic heterocycles. The number of aliphatic hydroxyl groups is 1. The lowest BCUT2D eigenvalue weighted by Crippen LogP contribution is -2.43. The molecule has 0 rings (SSSR count). The zero-order valence-electron chi connectivity index (χ0n) is 10.3. The second-order valence-electron chi connectivity index (χ2n) is 4.91. The average molecular weight is 237 g/mol. The Labute approximate surface area is 93.3 Å². The number of rotatable bonds is 6. The highest BCUT2D eigenvalue weighted by atomic mass is 32.2. The first-order valence-electron chi connectivity index (χ1n) is 5.28. The standard InChI is InChI=1S/C10H23NO3S/c1-6-11(8-10(4,5)12)15(13,14)7-9(2)3/h9,12H,6-8H2,1-5H3. The Bertz CT molecular complexity index is 278. The molecule has 1 N–H and O–H groups in total. The Morgan fingerprint density at radius 1 is 1.33 bits per heavy atom. The molecule has 0 aliphatic heterocycles. The third-order valence-electron chi connectivity index (χ3n) is 1.85. The molecule has 0 fully saturated rings. The molecule has 4 nitrogen and oxygen atoms in total. The van der Waals surface area contributed by atoms with E-state index in [4.69, 9.17) is 0 Å². The predicted octanol–water partition coefficient (Wildman–Crippen LogP) is 1.06. The van der Waals surface area contributed by atoms with Crippen molar-refractivity contribution >= 4 is 10.0 Å². The van der Waals surface area contributed by atoms with Crippen LogP contribution < -0.4 is 0 Å². The van der Waals surface area contributed by atoms with Gasteiger partial charge in [-0.1, -0.05) is 20.8 Å². The molecule has 0 atom stereocenters. The van der Waals surface area contributed by atoms with Crippen molar-refractivity contribution < 1.29 is 13.5 Å². The van der Waals surface area contributed by atoms with Crippen molar-refractivity contribution in [2.75, 3.05) is 18.8 Å². The first kappa shape index (κ1) is 14.9. The predicted molar refractivity (Wildman–Crippen MR) is 62.2 cm³/mol. The smallest absolute Gasteiger partial charge is 0.214 e. The Balaban J connectivity index is 4.67. The average Bonchev–Trinajstić information content (AvgIpc) is 1.95. The number of hydrogen-bond donors (Lipinski definition) is 1. The second-order valence-corrected chi connectivity index (χ2v) is 6.92. The summed E-state index contributed by atoms with van der Waals surface area (Å²) in [5.74, 6) is 0.238. The Kier molecular flexibility index (Phi) is 5.23. The van der Waals surface area contributed by atoms with E-state index in [9.17, 15) is 13.5 Å². The van der Waals surface area contributed by atoms with Crippen LogP contribution in [0.3, 0.4) is 0 Å². The number of likely N-dealkylation sites (N-methyl/N-ethyl adjacent to an activating group) is 1. The molecule has 0 aromatic rings. The van der Waals surface area contributed by atoms with Gasteiger partial charge in [-0.05, 0) is 19.8 Å². The molecular formula is C10H23NO3S. The maximum Gasteiger partial charge on any atom is 0.214 e. The molecule has 0 amide bonds. The van der Waals surface area contributed by atoms with Gasteiger partial charge in [0.1, 0.15) is 0 Å². The topological polar surface area (TPSA) is 57.6 Å². The van der Waals surface area contributed by atoms with Crippen LogP contribution >= 0.6 is 0 Å². The molecular weight excluding hydrogens is 214 g/mol. The third-order valence-corrected chi connectivity index (χ3v) is 4.12. The fourth-order valence-electron chi connectivity index (χ4n) is 1.37. The van der Waals surface area contributed by atoms with Crippen molar-refractivity contribution in [2.45, 2.75) is 40.2 Å². The summed E-state index contributed by atoms with van der Waals surface area (Å²) in [4.78, 5) is 0. The first-order chi connectivity index (χ1) is 6.58. The first-order valence-corrected chi connectivity index (χ1v) is 6.89. The molecule has 0 aliphatic carbocycles. The van der Waals surface area contributed by atoms with Crippen LogP contribution in [0.15, 0.2) is 0 Å². The van der Waals surface area contributed by atoms with E-state index in [2.05, 4.69) is 0 Å². The maximum absolute atomic E-state index is 11.9. The molecule has 0 bridgehead atoms. The molecule has 5 heteroatoms. The van der Waals surface area contributed by atoms with Gasteiger partial charge in [0.05, 0.1) is 11.4 Å². The molecule has 0 saturated heterocycles. The van der Waals surface area contributed by atoms with Crippen LogP contribution in [-0.2, 0) is 10.0 Å². The molecule has 0 aromatic carbocycles. The van der Waals surface area contributed by atoms with Crippen LogP contribution in [-0.4, -0.2) is 42.3 Å². The minimum absolute atomic E-state index is 0.103. The number of nitrogens with zero attached hydrogens (tertiary/aromatic N) is 1. The van der Waals surface area contributed by atoms with Gasteiger partial charge in [-0.3, -0.25) is 0 Å². The van der Waals surface area contributed by atoms with Crippen LogP contribution in [0.25, 0.3) is 0 Å². The summed E-state index contributed by atoms with van der Waals surface area (Å²) in [7, 11) is -3.23. The summed E-state index contributed by atoms with van der Waals surface area (Å²) in [5.41, 5.74) is -0.986. The Morgan fingerprint density at radius 3 is 2.07 bits per heavy atom. The van der Waals surface area contributed by atoms with Crippen molar-refractivity contribution in [1.29, 1.82) is 0 Å². The molecule has 92 valence electrons. The van der Waals surface area contributed by atoms with E-state index in [1.807, 2.05) is 13.8 Å². The minimum atomic E-state index is -3.23. The third kappa shape index (κ3) is 6.12. The lowest BCUT2D eigenvalue weighted by atomic mass is 10.1. The molecule has 15 heavy (non-hydrogen) atoms. The highest BCUT2D eigenvalue weighted by Gasteiger charge is 2.27. The highest BCUT2D eigenvalue weighted by molar-refractivity contribution is 7.89. The van der Waals surface area contributed by atoms with Gasteiger partial charge in [0, 0.05) is 13.1 Å². The van der Waals surface area contributed by atoms with Gasteiger partial charge < -0.3 is 5.11 Å². The summed E-state index contributed by atoms with van der Waals surface area (Å²) >= 11 is 0. The van der Waals surface area contributed by atoms with E-state index in [-0.39, 0.29) is 18.2 Å². The number of hydrogen-bond acceptors (Lipinski definition) is 3. The molecule has 0 heterocycles. The van der Waals surface area contributed by atoms with Crippen LogP contribution in [0.1, 0.15) is 34.6 Å². The largest absolute Gasteiger partial charge is 0.389 e. The summed E-state index contributed by atoms with van der Waals surface area (Å²) in [6.45, 7) is 9.30. The van der Waals surface area contributed by atoms with Crippen molar-refractivity contribution in [2.24, 2.45) is 5.92 Å². The summed E-state index contributed by atoms with van der Waals surface area (Å²) in [6, 6.07) is 0. The quantitative estimate of drug-likeness (QED) is 0.751. The summed E-state index contributed by atoms with van der Waals surface area (Å²) in [6.07, 6.45) is 0. The summed E-state index contributed by atoms with van der Waals surface area (Å²) < 4.78 is 25.1. The fourth-order valence-corrected chi connectivity index (χ4v) is 3.32. The monoisotopic (exact) mass is 237 g/mol. The van der Waals surface area contributed by atoms with Crippen molar-refractivity contribution in [3.8, 4) is 0 Å². The lowest BCUT2D eigenvalue weighted by molar-refractivity contribution is 0.0601. The van der Waals surface area contributed by atoms with E-state index in [1.165, 1.54) is 4.31 Å². The Morgan fingerprint density at radius 2 is 1.80 bits per heavy atom. The van der Waals surface area contributed by atoms with Crippen molar-refractivity contribution in [3.63, 3.8) is 0 Å². The van der Waals surface area contributed by atoms with Gasteiger partial charge in [0.25, 0.3) is 0 Å². The van der Waals surface area contributed by atoms with Gasteiger partial charge in [-0.2, -0.15) is 4.31 Å². The van der Waals surface area contributed by atoms with E-state index < -0.39 is 15.6 Å². The molecule has 0 saturated carbocycles. The van der Waals surface area contributed by atoms with Crippen LogP contribution in [0.2, 0.25) is 0 Å². The van der Waals surface area contributed by atoms with Crippen molar-refractivity contribution in [1.82, 2.24) is 4.31 Å². The van der Waals surface area contributed by atoms with Gasteiger partial charge >= 0.3 is 0 Å². The molecule has 0 radical (unpaired) electrons. The molecule has 0 spiro atoms. The van der Waals surface area contributed by atoms with Gasteiger partial charge in [0.2, 0.25) is 10.0 Å². The maximum atomic E-state index is 11.9. The van der Waals surface area contributed by atoms with Crippen LogP contribution in [0, 0.1) is 5.92 Å². The van der Waals surface area contributed by atoms with Crippen LogP contribution in [0.4, 0.5) is 0 Å². The molecule has 0 unspecified atom stereocenters. The highest BCUT2D eigenvalue weighted by Crippen LogP contribution is 2.12. The fraction of sp³-hybridized carbons (Fsp3) is 1.00. The lowest BCUT2D eigenvalue weighted by Gasteiger charge is -2.27. The van der Waals surface area contributed by atoms with E-state index >= 15 is 0 Å². The zero-order chi connectivity index (χ0) is 12.3. The van der Waals surface area contributed by atoms with Gasteiger partial charge in [-0.15, -0.1) is 0 Å². The molecule has 0 aliphatic rings. The second kappa shape index (κ2) is 5.27. The van der Waals surface area contributed by atoms with E-state index in [0.717, 1.165) is 0 Å². The summed E-state index contributed by atoms with van der Waals surface area (Å²) in [5, 5.41) is 9.61. The van der Waals surface area contributed by atoms with Gasteiger partial charge in [-0.25, -0.2) is 8.42 Å². The van der Waals surface area contributed by atoms with E-state index in [1.54, 1.807) is 20.8 Å². The van der Waals surface area contributed by atoms with Crippen LogP contribution in [0.5, 0.6) is 0 Å². The van der Waals surface area contributed by atoms with Crippen molar-refractivity contribution in [3.05, 3.63) is 0 Å².